The fourth-order valence-electron chi connectivity index (χ4n) is 1.60. The van der Waals surface area contributed by atoms with Gasteiger partial charge < -0.3 is 14.8 Å². The minimum atomic E-state index is -0.982. The SMILES string of the molecule is O=C(O)c1ccc(Oc2ncnc3nc[nH]c23)cc1. The molecule has 0 aliphatic carbocycles. The molecule has 3 rings (SSSR count). The van der Waals surface area contributed by atoms with Crippen molar-refractivity contribution in [2.45, 2.75) is 0 Å². The number of rotatable bonds is 3. The van der Waals surface area contributed by atoms with E-state index in [4.69, 9.17) is 9.84 Å². The lowest BCUT2D eigenvalue weighted by molar-refractivity contribution is 0.0697. The average Bonchev–Trinajstić information content (AvgIpc) is 2.89. The molecule has 0 saturated heterocycles. The number of benzene rings is 1. The highest BCUT2D eigenvalue weighted by Crippen LogP contribution is 2.24. The van der Waals surface area contributed by atoms with Crippen LogP contribution in [0.25, 0.3) is 11.2 Å². The summed E-state index contributed by atoms with van der Waals surface area (Å²) in [6.45, 7) is 0. The predicted molar refractivity (Wildman–Crippen MR) is 65.2 cm³/mol. The minimum Gasteiger partial charge on any atom is -0.478 e. The second-order valence-electron chi connectivity index (χ2n) is 3.71. The van der Waals surface area contributed by atoms with E-state index in [0.29, 0.717) is 22.8 Å². The quantitative estimate of drug-likeness (QED) is 0.741. The van der Waals surface area contributed by atoms with Gasteiger partial charge in [-0.3, -0.25) is 0 Å². The molecule has 0 aliphatic rings. The Kier molecular flexibility index (Phi) is 2.57. The highest BCUT2D eigenvalue weighted by Gasteiger charge is 2.08. The lowest BCUT2D eigenvalue weighted by Crippen LogP contribution is -1.96. The smallest absolute Gasteiger partial charge is 0.335 e. The Balaban J connectivity index is 1.92. The van der Waals surface area contributed by atoms with E-state index in [1.807, 2.05) is 0 Å². The molecule has 7 heteroatoms. The van der Waals surface area contributed by atoms with Crippen molar-refractivity contribution in [3.05, 3.63) is 42.5 Å². The molecule has 0 bridgehead atoms. The zero-order chi connectivity index (χ0) is 13.2. The van der Waals surface area contributed by atoms with Crippen LogP contribution in [-0.2, 0) is 0 Å². The topological polar surface area (TPSA) is 101 Å². The molecule has 2 aromatic heterocycles. The Bertz CT molecular complexity index is 736. The third kappa shape index (κ3) is 2.08. The molecule has 7 nitrogen and oxygen atoms in total. The Morgan fingerprint density at radius 2 is 1.95 bits per heavy atom. The third-order valence-corrected chi connectivity index (χ3v) is 2.50. The number of nitrogens with one attached hydrogen (secondary N) is 1. The minimum absolute atomic E-state index is 0.196. The van der Waals surface area contributed by atoms with Crippen LogP contribution < -0.4 is 4.74 Å². The third-order valence-electron chi connectivity index (χ3n) is 2.50. The number of carboxylic acid groups (broad SMARTS) is 1. The number of hydrogen-bond acceptors (Lipinski definition) is 5. The number of carboxylic acids is 1. The second kappa shape index (κ2) is 4.37. The molecule has 0 spiro atoms. The van der Waals surface area contributed by atoms with Crippen LogP contribution in [0, 0.1) is 0 Å². The number of carbonyl (C=O) groups is 1. The van der Waals surface area contributed by atoms with Crippen LogP contribution in [0.15, 0.2) is 36.9 Å². The first-order valence-electron chi connectivity index (χ1n) is 5.39. The Labute approximate surface area is 106 Å². The Morgan fingerprint density at radius 3 is 2.68 bits per heavy atom. The molecule has 2 N–H and O–H groups in total. The average molecular weight is 256 g/mol. The van der Waals surface area contributed by atoms with Gasteiger partial charge in [0.25, 0.3) is 0 Å². The molecule has 2 heterocycles. The molecule has 0 unspecified atom stereocenters. The molecule has 3 aromatic rings. The molecule has 0 aliphatic heterocycles. The molecule has 19 heavy (non-hydrogen) atoms. The van der Waals surface area contributed by atoms with Crippen molar-refractivity contribution in [2.75, 3.05) is 0 Å². The lowest BCUT2D eigenvalue weighted by Gasteiger charge is -2.04. The van der Waals surface area contributed by atoms with Gasteiger partial charge in [-0.2, -0.15) is 4.98 Å². The van der Waals surface area contributed by atoms with E-state index in [9.17, 15) is 4.79 Å². The fourth-order valence-corrected chi connectivity index (χ4v) is 1.60. The summed E-state index contributed by atoms with van der Waals surface area (Å²) in [6.07, 6.45) is 2.85. The molecule has 0 saturated carbocycles. The summed E-state index contributed by atoms with van der Waals surface area (Å²) in [6, 6.07) is 6.05. The predicted octanol–water partition coefficient (Wildman–Crippen LogP) is 1.84. The van der Waals surface area contributed by atoms with E-state index in [1.165, 1.54) is 24.8 Å². The van der Waals surface area contributed by atoms with E-state index >= 15 is 0 Å². The summed E-state index contributed by atoms with van der Waals surface area (Å²) >= 11 is 0. The highest BCUT2D eigenvalue weighted by molar-refractivity contribution is 5.87. The molecule has 0 atom stereocenters. The lowest BCUT2D eigenvalue weighted by atomic mass is 10.2. The number of H-pyrrole nitrogens is 1. The van der Waals surface area contributed by atoms with Gasteiger partial charge in [-0.15, -0.1) is 0 Å². The molecule has 0 amide bonds. The van der Waals surface area contributed by atoms with Crippen molar-refractivity contribution in [1.82, 2.24) is 19.9 Å². The number of hydrogen-bond donors (Lipinski definition) is 2. The first-order chi connectivity index (χ1) is 9.24. The number of fused-ring (bicyclic) bond motifs is 1. The molecule has 0 fully saturated rings. The van der Waals surface area contributed by atoms with Crippen molar-refractivity contribution in [2.24, 2.45) is 0 Å². The van der Waals surface area contributed by atoms with Crippen LogP contribution in [0.2, 0.25) is 0 Å². The Hall–Kier alpha value is -2.96. The van der Waals surface area contributed by atoms with Crippen molar-refractivity contribution < 1.29 is 14.6 Å². The second-order valence-corrected chi connectivity index (χ2v) is 3.71. The summed E-state index contributed by atoms with van der Waals surface area (Å²) in [5.74, 6) is -0.158. The fraction of sp³-hybridized carbons (Fsp3) is 0. The van der Waals surface area contributed by atoms with E-state index < -0.39 is 5.97 Å². The van der Waals surface area contributed by atoms with Gasteiger partial charge in [0.1, 0.15) is 17.6 Å². The van der Waals surface area contributed by atoms with E-state index in [-0.39, 0.29) is 5.56 Å². The van der Waals surface area contributed by atoms with E-state index in [0.717, 1.165) is 0 Å². The summed E-state index contributed by atoms with van der Waals surface area (Å²) in [5, 5.41) is 8.80. The maximum atomic E-state index is 10.7. The zero-order valence-electron chi connectivity index (χ0n) is 9.57. The van der Waals surface area contributed by atoms with Crippen molar-refractivity contribution in [3.8, 4) is 11.6 Å². The number of aromatic carboxylic acids is 1. The molecule has 94 valence electrons. The monoisotopic (exact) mass is 256 g/mol. The molecular weight excluding hydrogens is 248 g/mol. The molecular formula is C12H8N4O3. The van der Waals surface area contributed by atoms with Crippen LogP contribution >= 0.6 is 0 Å². The van der Waals surface area contributed by atoms with Gasteiger partial charge in [0, 0.05) is 0 Å². The van der Waals surface area contributed by atoms with Gasteiger partial charge in [-0.05, 0) is 24.3 Å². The maximum absolute atomic E-state index is 10.7. The van der Waals surface area contributed by atoms with Gasteiger partial charge in [0.2, 0.25) is 5.88 Å². The van der Waals surface area contributed by atoms with Crippen LogP contribution in [0.4, 0.5) is 0 Å². The highest BCUT2D eigenvalue weighted by atomic mass is 16.5. The summed E-state index contributed by atoms with van der Waals surface area (Å²) < 4.78 is 5.57. The Morgan fingerprint density at radius 1 is 1.16 bits per heavy atom. The van der Waals surface area contributed by atoms with Gasteiger partial charge in [0.15, 0.2) is 5.65 Å². The standard InChI is InChI=1S/C12H8N4O3/c17-12(18)7-1-3-8(4-2-7)19-11-9-10(14-5-13-9)15-6-16-11/h1-6H,(H,17,18)(H,13,14,15,16). The molecule has 1 aromatic carbocycles. The first-order valence-corrected chi connectivity index (χ1v) is 5.39. The summed E-state index contributed by atoms with van der Waals surface area (Å²) in [4.78, 5) is 25.6. The number of imidazole rings is 1. The van der Waals surface area contributed by atoms with Gasteiger partial charge in [-0.25, -0.2) is 14.8 Å². The van der Waals surface area contributed by atoms with Crippen LogP contribution in [0.3, 0.4) is 0 Å². The van der Waals surface area contributed by atoms with E-state index in [2.05, 4.69) is 19.9 Å². The zero-order valence-corrected chi connectivity index (χ0v) is 9.57. The van der Waals surface area contributed by atoms with Crippen LogP contribution in [0.1, 0.15) is 10.4 Å². The summed E-state index contributed by atoms with van der Waals surface area (Å²) in [5.41, 5.74) is 1.29. The van der Waals surface area contributed by atoms with Gasteiger partial charge >= 0.3 is 5.97 Å². The number of nitrogens with zero attached hydrogens (tertiary/aromatic N) is 3. The van der Waals surface area contributed by atoms with Crippen molar-refractivity contribution in [3.63, 3.8) is 0 Å². The number of ether oxygens (including phenoxy) is 1. The largest absolute Gasteiger partial charge is 0.478 e. The summed E-state index contributed by atoms with van der Waals surface area (Å²) in [7, 11) is 0. The number of aromatic nitrogens is 4. The first kappa shape index (κ1) is 11.1. The normalized spacial score (nSPS) is 10.5. The van der Waals surface area contributed by atoms with Crippen LogP contribution in [-0.4, -0.2) is 31.0 Å². The molecule has 0 radical (unpaired) electrons. The van der Waals surface area contributed by atoms with Crippen molar-refractivity contribution in [1.29, 1.82) is 0 Å². The maximum Gasteiger partial charge on any atom is 0.335 e. The van der Waals surface area contributed by atoms with E-state index in [1.54, 1.807) is 12.1 Å². The van der Waals surface area contributed by atoms with Crippen LogP contribution in [0.5, 0.6) is 11.6 Å². The van der Waals surface area contributed by atoms with Crippen molar-refractivity contribution >= 4 is 17.1 Å². The number of aromatic amines is 1. The van der Waals surface area contributed by atoms with Gasteiger partial charge in [0.05, 0.1) is 11.9 Å². The van der Waals surface area contributed by atoms with Gasteiger partial charge in [-0.1, -0.05) is 0 Å².